The summed E-state index contributed by atoms with van der Waals surface area (Å²) in [5.74, 6) is 0.524. The third kappa shape index (κ3) is 3.39. The third-order valence-electron chi connectivity index (χ3n) is 3.49. The number of hydrogen-bond acceptors (Lipinski definition) is 4. The molecule has 0 amide bonds. The van der Waals surface area contributed by atoms with E-state index in [-0.39, 0.29) is 11.0 Å². The van der Waals surface area contributed by atoms with Crippen LogP contribution in [-0.2, 0) is 10.0 Å². The summed E-state index contributed by atoms with van der Waals surface area (Å²) < 4.78 is 28.9. The maximum Gasteiger partial charge on any atom is 0.238 e. The number of nitrogens with two attached hydrogens (primary N) is 2. The highest BCUT2D eigenvalue weighted by molar-refractivity contribution is 7.89. The molecule has 1 aliphatic carbocycles. The van der Waals surface area contributed by atoms with E-state index in [9.17, 15) is 8.42 Å². The Bertz CT molecular complexity index is 563. The van der Waals surface area contributed by atoms with Gasteiger partial charge < -0.3 is 10.5 Å². The SMILES string of the molecule is Cc1c(OC2CCCCC2)cc(N)cc1S(N)(=O)=O. The van der Waals surface area contributed by atoms with Crippen molar-refractivity contribution >= 4 is 15.7 Å². The summed E-state index contributed by atoms with van der Waals surface area (Å²) in [7, 11) is -3.78. The number of nitrogen functional groups attached to an aromatic ring is 1. The van der Waals surface area contributed by atoms with Crippen molar-refractivity contribution in [3.05, 3.63) is 17.7 Å². The Morgan fingerprint density at radius 3 is 2.42 bits per heavy atom. The molecule has 106 valence electrons. The maximum atomic E-state index is 11.5. The fraction of sp³-hybridized carbons (Fsp3) is 0.538. The Morgan fingerprint density at radius 2 is 1.84 bits per heavy atom. The van der Waals surface area contributed by atoms with Crippen LogP contribution in [0.2, 0.25) is 0 Å². The van der Waals surface area contributed by atoms with Gasteiger partial charge in [-0.05, 0) is 38.7 Å². The van der Waals surface area contributed by atoms with Gasteiger partial charge in [-0.3, -0.25) is 0 Å². The molecule has 0 saturated heterocycles. The molecule has 1 saturated carbocycles. The van der Waals surface area contributed by atoms with Gasteiger partial charge in [0.05, 0.1) is 11.0 Å². The molecule has 0 spiro atoms. The minimum absolute atomic E-state index is 0.0401. The third-order valence-corrected chi connectivity index (χ3v) is 4.52. The minimum atomic E-state index is -3.78. The van der Waals surface area contributed by atoms with Gasteiger partial charge in [0, 0.05) is 17.3 Å². The lowest BCUT2D eigenvalue weighted by Gasteiger charge is -2.24. The standard InChI is InChI=1S/C13H20N2O3S/c1-9-12(18-11-5-3-2-4-6-11)7-10(14)8-13(9)19(15,16)17/h7-8,11H,2-6,14H2,1H3,(H2,15,16,17). The van der Waals surface area contributed by atoms with E-state index in [1.807, 2.05) is 0 Å². The molecular weight excluding hydrogens is 264 g/mol. The largest absolute Gasteiger partial charge is 0.490 e. The van der Waals surface area contributed by atoms with Crippen LogP contribution >= 0.6 is 0 Å². The lowest BCUT2D eigenvalue weighted by atomic mass is 9.97. The van der Waals surface area contributed by atoms with Crippen molar-refractivity contribution in [1.82, 2.24) is 0 Å². The number of ether oxygens (including phenoxy) is 1. The smallest absolute Gasteiger partial charge is 0.238 e. The van der Waals surface area contributed by atoms with Crippen molar-refractivity contribution in [2.24, 2.45) is 5.14 Å². The van der Waals surface area contributed by atoms with E-state index in [1.54, 1.807) is 13.0 Å². The number of anilines is 1. The van der Waals surface area contributed by atoms with Crippen molar-refractivity contribution in [2.45, 2.75) is 50.0 Å². The van der Waals surface area contributed by atoms with Gasteiger partial charge in [0.15, 0.2) is 0 Å². The van der Waals surface area contributed by atoms with Crippen LogP contribution in [0.1, 0.15) is 37.7 Å². The molecule has 0 atom stereocenters. The molecule has 6 heteroatoms. The zero-order valence-corrected chi connectivity index (χ0v) is 11.9. The van der Waals surface area contributed by atoms with E-state index < -0.39 is 10.0 Å². The summed E-state index contributed by atoms with van der Waals surface area (Å²) in [6.07, 6.45) is 5.67. The van der Waals surface area contributed by atoms with Gasteiger partial charge >= 0.3 is 0 Å². The van der Waals surface area contributed by atoms with Gasteiger partial charge in [-0.1, -0.05) is 6.42 Å². The van der Waals surface area contributed by atoms with Gasteiger partial charge in [-0.15, -0.1) is 0 Å². The molecule has 0 aliphatic heterocycles. The molecule has 0 bridgehead atoms. The predicted octanol–water partition coefficient (Wildman–Crippen LogP) is 1.94. The fourth-order valence-electron chi connectivity index (χ4n) is 2.46. The number of primary sulfonamides is 1. The molecule has 2 rings (SSSR count). The average molecular weight is 284 g/mol. The number of hydrogen-bond donors (Lipinski definition) is 2. The van der Waals surface area contributed by atoms with E-state index in [0.29, 0.717) is 17.0 Å². The van der Waals surface area contributed by atoms with Gasteiger partial charge in [0.2, 0.25) is 10.0 Å². The normalized spacial score (nSPS) is 17.4. The van der Waals surface area contributed by atoms with Crippen LogP contribution in [0, 0.1) is 6.92 Å². The van der Waals surface area contributed by atoms with Gasteiger partial charge in [0.25, 0.3) is 0 Å². The van der Waals surface area contributed by atoms with E-state index in [4.69, 9.17) is 15.6 Å². The Hall–Kier alpha value is -1.27. The van der Waals surface area contributed by atoms with E-state index in [1.165, 1.54) is 12.5 Å². The highest BCUT2D eigenvalue weighted by Crippen LogP contribution is 2.31. The molecule has 19 heavy (non-hydrogen) atoms. The molecule has 1 aliphatic rings. The highest BCUT2D eigenvalue weighted by Gasteiger charge is 2.20. The van der Waals surface area contributed by atoms with Crippen LogP contribution in [-0.4, -0.2) is 14.5 Å². The van der Waals surface area contributed by atoms with E-state index in [2.05, 4.69) is 0 Å². The molecular formula is C13H20N2O3S. The first-order valence-electron chi connectivity index (χ1n) is 6.47. The first kappa shape index (κ1) is 14.1. The van der Waals surface area contributed by atoms with Crippen LogP contribution in [0.3, 0.4) is 0 Å². The molecule has 1 fully saturated rings. The highest BCUT2D eigenvalue weighted by atomic mass is 32.2. The van der Waals surface area contributed by atoms with E-state index >= 15 is 0 Å². The van der Waals surface area contributed by atoms with Crippen molar-refractivity contribution < 1.29 is 13.2 Å². The van der Waals surface area contributed by atoms with Gasteiger partial charge in [-0.2, -0.15) is 0 Å². The monoisotopic (exact) mass is 284 g/mol. The Morgan fingerprint density at radius 1 is 1.21 bits per heavy atom. The second-order valence-corrected chi connectivity index (χ2v) is 6.59. The molecule has 0 unspecified atom stereocenters. The number of sulfonamides is 1. The topological polar surface area (TPSA) is 95.4 Å². The van der Waals surface area contributed by atoms with Crippen molar-refractivity contribution in [2.75, 3.05) is 5.73 Å². The average Bonchev–Trinajstić information content (AvgIpc) is 2.33. The van der Waals surface area contributed by atoms with Crippen LogP contribution in [0.4, 0.5) is 5.69 Å². The first-order valence-corrected chi connectivity index (χ1v) is 8.02. The molecule has 1 aromatic carbocycles. The Kier molecular flexibility index (Phi) is 4.01. The van der Waals surface area contributed by atoms with Crippen molar-refractivity contribution in [3.8, 4) is 5.75 Å². The second-order valence-electron chi connectivity index (χ2n) is 5.07. The predicted molar refractivity (Wildman–Crippen MR) is 74.5 cm³/mol. The second kappa shape index (κ2) is 5.38. The van der Waals surface area contributed by atoms with Crippen LogP contribution in [0.25, 0.3) is 0 Å². The molecule has 4 N–H and O–H groups in total. The summed E-state index contributed by atoms with van der Waals surface area (Å²) in [6, 6.07) is 3.04. The first-order chi connectivity index (χ1) is 8.88. The van der Waals surface area contributed by atoms with Crippen molar-refractivity contribution in [1.29, 1.82) is 0 Å². The lowest BCUT2D eigenvalue weighted by molar-refractivity contribution is 0.153. The Labute approximate surface area is 114 Å². The van der Waals surface area contributed by atoms with E-state index in [0.717, 1.165) is 25.7 Å². The number of benzene rings is 1. The number of rotatable bonds is 3. The van der Waals surface area contributed by atoms with Crippen molar-refractivity contribution in [3.63, 3.8) is 0 Å². The molecule has 0 heterocycles. The molecule has 0 radical (unpaired) electrons. The summed E-state index contributed by atoms with van der Waals surface area (Å²) >= 11 is 0. The molecule has 0 aromatic heterocycles. The van der Waals surface area contributed by atoms with Crippen LogP contribution in [0.15, 0.2) is 17.0 Å². The summed E-state index contributed by atoms with van der Waals surface area (Å²) in [4.78, 5) is 0.0401. The van der Waals surface area contributed by atoms with Crippen LogP contribution in [0.5, 0.6) is 5.75 Å². The molecule has 5 nitrogen and oxygen atoms in total. The lowest BCUT2D eigenvalue weighted by Crippen LogP contribution is -2.21. The summed E-state index contributed by atoms with van der Waals surface area (Å²) in [5, 5.41) is 5.19. The quantitative estimate of drug-likeness (QED) is 0.829. The summed E-state index contributed by atoms with van der Waals surface area (Å²) in [5.41, 5.74) is 6.61. The van der Waals surface area contributed by atoms with Crippen LogP contribution < -0.4 is 15.6 Å². The zero-order valence-electron chi connectivity index (χ0n) is 11.1. The zero-order chi connectivity index (χ0) is 14.0. The maximum absolute atomic E-state index is 11.5. The minimum Gasteiger partial charge on any atom is -0.490 e. The fourth-order valence-corrected chi connectivity index (χ4v) is 3.29. The van der Waals surface area contributed by atoms with Gasteiger partial charge in [0.1, 0.15) is 5.75 Å². The molecule has 1 aromatic rings. The summed E-state index contributed by atoms with van der Waals surface area (Å²) in [6.45, 7) is 1.69. The Balaban J connectivity index is 2.32. The van der Waals surface area contributed by atoms with Gasteiger partial charge in [-0.25, -0.2) is 13.6 Å².